The molecule has 0 amide bonds. The van der Waals surface area contributed by atoms with Gasteiger partial charge in [0.1, 0.15) is 0 Å². The van der Waals surface area contributed by atoms with Gasteiger partial charge in [-0.2, -0.15) is 0 Å². The molecule has 0 bridgehead atoms. The highest BCUT2D eigenvalue weighted by Gasteiger charge is 2.23. The Morgan fingerprint density at radius 3 is 2.81 bits per heavy atom. The lowest BCUT2D eigenvalue weighted by Crippen LogP contribution is -2.47. The number of aliphatic imine (C=N–C) groups is 1. The van der Waals surface area contributed by atoms with E-state index in [9.17, 15) is 0 Å². The minimum absolute atomic E-state index is 0. The number of ether oxygens (including phenoxy) is 2. The fourth-order valence-corrected chi connectivity index (χ4v) is 4.81. The van der Waals surface area contributed by atoms with Gasteiger partial charge in [-0.1, -0.05) is 0 Å². The molecule has 3 heterocycles. The van der Waals surface area contributed by atoms with Crippen LogP contribution in [0.3, 0.4) is 0 Å². The van der Waals surface area contributed by atoms with Crippen LogP contribution in [0.1, 0.15) is 43.9 Å². The first-order valence-electron chi connectivity index (χ1n) is 9.74. The molecular weight excluding hydrogens is 541 g/mol. The van der Waals surface area contributed by atoms with Crippen molar-refractivity contribution in [2.24, 2.45) is 4.99 Å². The number of hydrogen-bond acceptors (Lipinski definition) is 4. The van der Waals surface area contributed by atoms with Crippen molar-refractivity contribution in [1.29, 1.82) is 0 Å². The minimum atomic E-state index is 0. The molecule has 1 aromatic rings. The van der Waals surface area contributed by atoms with Gasteiger partial charge in [0.05, 0.1) is 25.4 Å². The summed E-state index contributed by atoms with van der Waals surface area (Å²) in [7, 11) is 0. The molecule has 154 valence electrons. The molecule has 1 unspecified atom stereocenters. The molecule has 0 spiro atoms. The number of piperidine rings is 1. The van der Waals surface area contributed by atoms with Crippen molar-refractivity contribution in [3.8, 4) is 0 Å². The third-order valence-corrected chi connectivity index (χ3v) is 6.56. The van der Waals surface area contributed by atoms with E-state index in [1.165, 1.54) is 17.7 Å². The van der Waals surface area contributed by atoms with Gasteiger partial charge < -0.3 is 19.7 Å². The Balaban J connectivity index is 0.00000261. The van der Waals surface area contributed by atoms with Gasteiger partial charge in [-0.05, 0) is 61.0 Å². The van der Waals surface area contributed by atoms with Crippen LogP contribution in [0, 0.1) is 0 Å². The molecule has 27 heavy (non-hydrogen) atoms. The number of rotatable bonds is 6. The first kappa shape index (κ1) is 23.4. The van der Waals surface area contributed by atoms with Crippen LogP contribution in [-0.2, 0) is 16.0 Å². The molecule has 0 saturated carbocycles. The Labute approximate surface area is 192 Å². The molecule has 1 N–H and O–H groups in total. The summed E-state index contributed by atoms with van der Waals surface area (Å²) >= 11 is 5.25. The third-order valence-electron chi connectivity index (χ3n) is 4.87. The lowest BCUT2D eigenvalue weighted by atomic mass is 10.1. The van der Waals surface area contributed by atoms with Gasteiger partial charge >= 0.3 is 0 Å². The average molecular weight is 572 g/mol. The Hall–Kier alpha value is 0.1000. The number of guanidine groups is 1. The summed E-state index contributed by atoms with van der Waals surface area (Å²) in [5, 5.41) is 5.54. The Morgan fingerprint density at radius 2 is 2.19 bits per heavy atom. The van der Waals surface area contributed by atoms with Crippen LogP contribution in [-0.4, -0.2) is 55.9 Å². The monoisotopic (exact) mass is 571 g/mol. The number of hydrogen-bond donors (Lipinski definition) is 1. The summed E-state index contributed by atoms with van der Waals surface area (Å²) in [5.74, 6) is 1.02. The van der Waals surface area contributed by atoms with E-state index in [0.717, 1.165) is 69.1 Å². The van der Waals surface area contributed by atoms with Crippen molar-refractivity contribution in [2.75, 3.05) is 32.8 Å². The molecule has 1 aromatic heterocycles. The fourth-order valence-electron chi connectivity index (χ4n) is 3.43. The van der Waals surface area contributed by atoms with Crippen LogP contribution >= 0.6 is 51.2 Å². The number of likely N-dealkylation sites (tertiary alicyclic amines) is 1. The molecule has 1 atom stereocenters. The van der Waals surface area contributed by atoms with Gasteiger partial charge in [-0.15, -0.1) is 35.3 Å². The summed E-state index contributed by atoms with van der Waals surface area (Å²) in [6.45, 7) is 7.39. The van der Waals surface area contributed by atoms with Gasteiger partial charge in [-0.3, -0.25) is 0 Å². The highest BCUT2D eigenvalue weighted by Crippen LogP contribution is 2.21. The maximum absolute atomic E-state index is 6.13. The molecule has 3 rings (SSSR count). The zero-order chi connectivity index (χ0) is 18.2. The molecule has 8 heteroatoms. The normalized spacial score (nSPS) is 21.8. The Morgan fingerprint density at radius 1 is 1.37 bits per heavy atom. The molecule has 2 fully saturated rings. The average Bonchev–Trinajstić information content (AvgIpc) is 3.10. The van der Waals surface area contributed by atoms with Crippen LogP contribution in [0.25, 0.3) is 0 Å². The van der Waals surface area contributed by atoms with Crippen molar-refractivity contribution in [2.45, 2.75) is 57.8 Å². The predicted molar refractivity (Wildman–Crippen MR) is 126 cm³/mol. The second kappa shape index (κ2) is 12.6. The fraction of sp³-hybridized carbons (Fsp3) is 0.737. The maximum atomic E-state index is 6.13. The summed E-state index contributed by atoms with van der Waals surface area (Å²) in [4.78, 5) is 8.47. The van der Waals surface area contributed by atoms with E-state index in [1.807, 2.05) is 0 Å². The lowest BCUT2D eigenvalue weighted by molar-refractivity contribution is -0.0721. The third kappa shape index (κ3) is 7.79. The van der Waals surface area contributed by atoms with E-state index in [1.54, 1.807) is 11.3 Å². The topological polar surface area (TPSA) is 46.1 Å². The highest BCUT2D eigenvalue weighted by molar-refractivity contribution is 14.0. The second-order valence-corrected chi connectivity index (χ2v) is 8.82. The van der Waals surface area contributed by atoms with E-state index >= 15 is 0 Å². The molecule has 2 aliphatic heterocycles. The Kier molecular flexibility index (Phi) is 10.9. The molecule has 0 aliphatic carbocycles. The zero-order valence-corrected chi connectivity index (χ0v) is 20.7. The predicted octanol–water partition coefficient (Wildman–Crippen LogP) is 4.64. The highest BCUT2D eigenvalue weighted by atomic mass is 127. The van der Waals surface area contributed by atoms with Gasteiger partial charge in [0.15, 0.2) is 5.96 Å². The quantitative estimate of drug-likeness (QED) is 0.307. The number of nitrogens with one attached hydrogen (secondary N) is 1. The van der Waals surface area contributed by atoms with Crippen LogP contribution in [0.4, 0.5) is 0 Å². The van der Waals surface area contributed by atoms with Crippen LogP contribution in [0.2, 0.25) is 0 Å². The van der Waals surface area contributed by atoms with E-state index in [2.05, 4.69) is 44.5 Å². The largest absolute Gasteiger partial charge is 0.376 e. The van der Waals surface area contributed by atoms with Crippen LogP contribution in [0.5, 0.6) is 0 Å². The van der Waals surface area contributed by atoms with Crippen LogP contribution < -0.4 is 5.32 Å². The molecule has 0 aromatic carbocycles. The Bertz CT molecular complexity index is 573. The molecule has 5 nitrogen and oxygen atoms in total. The zero-order valence-electron chi connectivity index (χ0n) is 16.0. The van der Waals surface area contributed by atoms with Gasteiger partial charge in [0.2, 0.25) is 0 Å². The van der Waals surface area contributed by atoms with Crippen molar-refractivity contribution < 1.29 is 9.47 Å². The van der Waals surface area contributed by atoms with E-state index in [-0.39, 0.29) is 24.0 Å². The van der Waals surface area contributed by atoms with E-state index < -0.39 is 0 Å². The van der Waals surface area contributed by atoms with Crippen molar-refractivity contribution in [3.05, 3.63) is 20.8 Å². The summed E-state index contributed by atoms with van der Waals surface area (Å²) in [6.07, 6.45) is 6.40. The first-order valence-corrected chi connectivity index (χ1v) is 11.4. The van der Waals surface area contributed by atoms with Crippen LogP contribution in [0.15, 0.2) is 20.9 Å². The molecule has 2 saturated heterocycles. The minimum Gasteiger partial charge on any atom is -0.376 e. The van der Waals surface area contributed by atoms with E-state index in [4.69, 9.17) is 14.5 Å². The van der Waals surface area contributed by atoms with Gasteiger partial charge in [-0.25, -0.2) is 4.99 Å². The standard InChI is InChI=1S/C19H30BrN3O2S.HI/c1-2-21-19(22-12-18-11-15(20)14-26-18)23-8-6-16(7-9-23)25-13-17-5-3-4-10-24-17;/h11,14,16-17H,2-10,12-13H2,1H3,(H,21,22);1H. The smallest absolute Gasteiger partial charge is 0.194 e. The maximum Gasteiger partial charge on any atom is 0.194 e. The van der Waals surface area contributed by atoms with Crippen molar-refractivity contribution in [3.63, 3.8) is 0 Å². The molecule has 0 radical (unpaired) electrons. The first-order chi connectivity index (χ1) is 12.7. The van der Waals surface area contributed by atoms with Gasteiger partial charge in [0, 0.05) is 41.0 Å². The number of thiophene rings is 1. The van der Waals surface area contributed by atoms with Crippen molar-refractivity contribution in [1.82, 2.24) is 10.2 Å². The van der Waals surface area contributed by atoms with Crippen molar-refractivity contribution >= 4 is 57.2 Å². The number of halogens is 2. The second-order valence-electron chi connectivity index (χ2n) is 6.91. The summed E-state index contributed by atoms with van der Waals surface area (Å²) < 4.78 is 13.0. The molecular formula is C19H31BrIN3O2S. The summed E-state index contributed by atoms with van der Waals surface area (Å²) in [5.41, 5.74) is 0. The van der Waals surface area contributed by atoms with E-state index in [0.29, 0.717) is 12.2 Å². The number of nitrogens with zero attached hydrogens (tertiary/aromatic N) is 2. The summed E-state index contributed by atoms with van der Waals surface area (Å²) in [6, 6.07) is 2.14. The van der Waals surface area contributed by atoms with Gasteiger partial charge in [0.25, 0.3) is 0 Å². The lowest BCUT2D eigenvalue weighted by Gasteiger charge is -2.35. The molecule has 2 aliphatic rings. The SMILES string of the molecule is CCNC(=NCc1cc(Br)cs1)N1CCC(OCC2CCCCO2)CC1.I.